The molecule has 0 aliphatic heterocycles. The van der Waals surface area contributed by atoms with Gasteiger partial charge in [-0.1, -0.05) is 13.0 Å². The van der Waals surface area contributed by atoms with E-state index >= 15 is 0 Å². The molecule has 2 rings (SSSR count). The van der Waals surface area contributed by atoms with Crippen LogP contribution in [0.3, 0.4) is 0 Å². The van der Waals surface area contributed by atoms with Gasteiger partial charge >= 0.3 is 0 Å². The van der Waals surface area contributed by atoms with Crippen molar-refractivity contribution in [3.63, 3.8) is 0 Å². The van der Waals surface area contributed by atoms with E-state index in [4.69, 9.17) is 4.74 Å². The Labute approximate surface area is 127 Å². The average molecular weight is 306 g/mol. The normalized spacial score (nSPS) is 10.5. The molecule has 2 aromatic rings. The molecular formula is C15H18N2O3S. The molecule has 0 spiro atoms. The number of nitro benzene ring substituents is 1. The zero-order valence-electron chi connectivity index (χ0n) is 11.9. The Hall–Kier alpha value is -1.92. The quantitative estimate of drug-likeness (QED) is 0.458. The summed E-state index contributed by atoms with van der Waals surface area (Å²) in [7, 11) is 0. The van der Waals surface area contributed by atoms with Crippen LogP contribution < -0.4 is 10.1 Å². The smallest absolute Gasteiger partial charge is 0.270 e. The Morgan fingerprint density at radius 3 is 2.90 bits per heavy atom. The predicted octanol–water partition coefficient (Wildman–Crippen LogP) is 3.73. The summed E-state index contributed by atoms with van der Waals surface area (Å²) in [6.45, 7) is 3.99. The van der Waals surface area contributed by atoms with Gasteiger partial charge in [0.05, 0.1) is 4.92 Å². The first-order valence-electron chi connectivity index (χ1n) is 6.84. The van der Waals surface area contributed by atoms with Gasteiger partial charge in [0, 0.05) is 29.1 Å². The van der Waals surface area contributed by atoms with Crippen molar-refractivity contribution < 1.29 is 9.66 Å². The number of nitrogens with one attached hydrogen (secondary N) is 1. The summed E-state index contributed by atoms with van der Waals surface area (Å²) in [4.78, 5) is 11.6. The summed E-state index contributed by atoms with van der Waals surface area (Å²) in [5.74, 6) is 0.692. The van der Waals surface area contributed by atoms with Crippen LogP contribution in [0.2, 0.25) is 0 Å². The number of thiophene rings is 1. The molecule has 21 heavy (non-hydrogen) atoms. The lowest BCUT2D eigenvalue weighted by atomic mass is 10.1. The van der Waals surface area contributed by atoms with E-state index in [9.17, 15) is 10.1 Å². The van der Waals surface area contributed by atoms with Crippen LogP contribution >= 0.6 is 11.3 Å². The number of nitro groups is 1. The van der Waals surface area contributed by atoms with Gasteiger partial charge in [0.15, 0.2) is 0 Å². The van der Waals surface area contributed by atoms with Crippen molar-refractivity contribution in [1.29, 1.82) is 0 Å². The highest BCUT2D eigenvalue weighted by atomic mass is 32.1. The molecule has 112 valence electrons. The fourth-order valence-corrected chi connectivity index (χ4v) is 2.52. The van der Waals surface area contributed by atoms with Gasteiger partial charge < -0.3 is 10.1 Å². The largest absolute Gasteiger partial charge is 0.488 e. The Morgan fingerprint density at radius 1 is 1.38 bits per heavy atom. The Balaban J connectivity index is 2.11. The van der Waals surface area contributed by atoms with Crippen molar-refractivity contribution in [3.05, 3.63) is 56.3 Å². The van der Waals surface area contributed by atoms with E-state index in [-0.39, 0.29) is 10.6 Å². The van der Waals surface area contributed by atoms with Crippen molar-refractivity contribution >= 4 is 17.0 Å². The molecule has 0 bridgehead atoms. The number of hydrogen-bond acceptors (Lipinski definition) is 5. The van der Waals surface area contributed by atoms with Gasteiger partial charge in [0.1, 0.15) is 12.4 Å². The zero-order chi connectivity index (χ0) is 15.1. The van der Waals surface area contributed by atoms with Gasteiger partial charge in [-0.25, -0.2) is 0 Å². The third-order valence-electron chi connectivity index (χ3n) is 2.95. The first kappa shape index (κ1) is 15.5. The molecule has 0 radical (unpaired) electrons. The van der Waals surface area contributed by atoms with E-state index in [0.717, 1.165) is 23.4 Å². The molecule has 1 heterocycles. The summed E-state index contributed by atoms with van der Waals surface area (Å²) >= 11 is 1.63. The van der Waals surface area contributed by atoms with Crippen LogP contribution in [0, 0.1) is 10.1 Å². The van der Waals surface area contributed by atoms with E-state index in [1.54, 1.807) is 23.5 Å². The standard InChI is InChI=1S/C15H18N2O3S/c1-2-7-16-10-12-9-13(17(18)19)5-6-15(12)20-11-14-4-3-8-21-14/h3-6,8-9,16H,2,7,10-11H2,1H3. The van der Waals surface area contributed by atoms with Crippen LogP contribution in [0.15, 0.2) is 35.7 Å². The number of nitrogens with zero attached hydrogens (tertiary/aromatic N) is 1. The van der Waals surface area contributed by atoms with Gasteiger partial charge in [-0.2, -0.15) is 0 Å². The van der Waals surface area contributed by atoms with E-state index in [2.05, 4.69) is 12.2 Å². The molecule has 0 fully saturated rings. The summed E-state index contributed by atoms with van der Waals surface area (Å²) in [5.41, 5.74) is 0.904. The molecular weight excluding hydrogens is 288 g/mol. The van der Waals surface area contributed by atoms with Gasteiger partial charge in [0.25, 0.3) is 5.69 Å². The second-order valence-electron chi connectivity index (χ2n) is 4.59. The first-order valence-corrected chi connectivity index (χ1v) is 7.72. The highest BCUT2D eigenvalue weighted by Crippen LogP contribution is 2.25. The van der Waals surface area contributed by atoms with E-state index < -0.39 is 0 Å². The highest BCUT2D eigenvalue weighted by molar-refractivity contribution is 7.09. The Kier molecular flexibility index (Phi) is 5.71. The van der Waals surface area contributed by atoms with Crippen LogP contribution in [-0.2, 0) is 13.2 Å². The molecule has 1 N–H and O–H groups in total. The minimum Gasteiger partial charge on any atom is -0.488 e. The molecule has 1 aromatic carbocycles. The fraction of sp³-hybridized carbons (Fsp3) is 0.333. The monoisotopic (exact) mass is 306 g/mol. The maximum Gasteiger partial charge on any atom is 0.270 e. The maximum atomic E-state index is 10.9. The van der Waals surface area contributed by atoms with Crippen LogP contribution in [0.25, 0.3) is 0 Å². The summed E-state index contributed by atoms with van der Waals surface area (Å²) in [5, 5.41) is 16.1. The van der Waals surface area contributed by atoms with Crippen LogP contribution in [-0.4, -0.2) is 11.5 Å². The second kappa shape index (κ2) is 7.75. The molecule has 0 saturated heterocycles. The molecule has 0 amide bonds. The van der Waals surface area contributed by atoms with Gasteiger partial charge in [-0.05, 0) is 30.5 Å². The predicted molar refractivity (Wildman–Crippen MR) is 83.7 cm³/mol. The second-order valence-corrected chi connectivity index (χ2v) is 5.63. The average Bonchev–Trinajstić information content (AvgIpc) is 2.99. The van der Waals surface area contributed by atoms with Crippen molar-refractivity contribution in [2.24, 2.45) is 0 Å². The first-order chi connectivity index (χ1) is 10.2. The third kappa shape index (κ3) is 4.54. The number of benzene rings is 1. The van der Waals surface area contributed by atoms with Crippen LogP contribution in [0.5, 0.6) is 5.75 Å². The topological polar surface area (TPSA) is 64.4 Å². The minimum atomic E-state index is -0.383. The lowest BCUT2D eigenvalue weighted by Gasteiger charge is -2.11. The summed E-state index contributed by atoms with van der Waals surface area (Å²) < 4.78 is 5.79. The molecule has 0 atom stereocenters. The molecule has 0 aliphatic rings. The van der Waals surface area contributed by atoms with E-state index in [0.29, 0.717) is 18.9 Å². The Morgan fingerprint density at radius 2 is 2.24 bits per heavy atom. The number of ether oxygens (including phenoxy) is 1. The van der Waals surface area contributed by atoms with Crippen molar-refractivity contribution in [2.75, 3.05) is 6.54 Å². The fourth-order valence-electron chi connectivity index (χ4n) is 1.90. The van der Waals surface area contributed by atoms with Gasteiger partial charge in [-0.15, -0.1) is 11.3 Å². The van der Waals surface area contributed by atoms with Crippen molar-refractivity contribution in [3.8, 4) is 5.75 Å². The van der Waals surface area contributed by atoms with Crippen molar-refractivity contribution in [2.45, 2.75) is 26.5 Å². The van der Waals surface area contributed by atoms with E-state index in [1.807, 2.05) is 17.5 Å². The van der Waals surface area contributed by atoms with E-state index in [1.165, 1.54) is 6.07 Å². The number of non-ortho nitro benzene ring substituents is 1. The Bertz CT molecular complexity index is 585. The minimum absolute atomic E-state index is 0.0896. The lowest BCUT2D eigenvalue weighted by molar-refractivity contribution is -0.384. The summed E-state index contributed by atoms with van der Waals surface area (Å²) in [6, 6.07) is 8.71. The molecule has 0 aliphatic carbocycles. The highest BCUT2D eigenvalue weighted by Gasteiger charge is 2.12. The maximum absolute atomic E-state index is 10.9. The lowest BCUT2D eigenvalue weighted by Crippen LogP contribution is -2.14. The molecule has 0 unspecified atom stereocenters. The van der Waals surface area contributed by atoms with Gasteiger partial charge in [0.2, 0.25) is 0 Å². The van der Waals surface area contributed by atoms with Crippen LogP contribution in [0.1, 0.15) is 23.8 Å². The molecule has 6 heteroatoms. The number of rotatable bonds is 8. The molecule has 5 nitrogen and oxygen atoms in total. The van der Waals surface area contributed by atoms with Crippen LogP contribution in [0.4, 0.5) is 5.69 Å². The van der Waals surface area contributed by atoms with Crippen molar-refractivity contribution in [1.82, 2.24) is 5.32 Å². The molecule has 0 saturated carbocycles. The SMILES string of the molecule is CCCNCc1cc([N+](=O)[O-])ccc1OCc1cccs1. The third-order valence-corrected chi connectivity index (χ3v) is 3.80. The zero-order valence-corrected chi connectivity index (χ0v) is 12.7. The molecule has 1 aromatic heterocycles. The number of hydrogen-bond donors (Lipinski definition) is 1. The van der Waals surface area contributed by atoms with Gasteiger partial charge in [-0.3, -0.25) is 10.1 Å². The summed E-state index contributed by atoms with van der Waals surface area (Å²) in [6.07, 6.45) is 1.01.